The van der Waals surface area contributed by atoms with Crippen LogP contribution in [0.1, 0.15) is 17.5 Å². The van der Waals surface area contributed by atoms with Crippen molar-refractivity contribution < 1.29 is 15.0 Å². The molecule has 6 heteroatoms. The molecule has 1 heterocycles. The van der Waals surface area contributed by atoms with Crippen molar-refractivity contribution in [2.24, 2.45) is 4.99 Å². The molecule has 1 aliphatic rings. The van der Waals surface area contributed by atoms with E-state index in [0.29, 0.717) is 15.6 Å². The van der Waals surface area contributed by atoms with Gasteiger partial charge in [-0.3, -0.25) is 4.79 Å². The van der Waals surface area contributed by atoms with Gasteiger partial charge in [0, 0.05) is 16.1 Å². The fraction of sp³-hybridized carbons (Fsp3) is 0.176. The summed E-state index contributed by atoms with van der Waals surface area (Å²) < 4.78 is 0. The van der Waals surface area contributed by atoms with Crippen molar-refractivity contribution in [3.63, 3.8) is 0 Å². The number of aliphatic imine (C=N–C) groups is 1. The molecule has 0 bridgehead atoms. The number of aliphatic hydroxyl groups is 1. The molecule has 23 heavy (non-hydrogen) atoms. The van der Waals surface area contributed by atoms with Gasteiger partial charge >= 0.3 is 5.97 Å². The summed E-state index contributed by atoms with van der Waals surface area (Å²) >= 11 is 7.18. The maximum absolute atomic E-state index is 11.2. The van der Waals surface area contributed by atoms with Crippen LogP contribution in [0.25, 0.3) is 0 Å². The highest BCUT2D eigenvalue weighted by Gasteiger charge is 2.46. The fourth-order valence-electron chi connectivity index (χ4n) is 2.47. The van der Waals surface area contributed by atoms with Crippen molar-refractivity contribution in [2.75, 3.05) is 0 Å². The summed E-state index contributed by atoms with van der Waals surface area (Å²) in [6, 6.07) is 16.1. The summed E-state index contributed by atoms with van der Waals surface area (Å²) in [7, 11) is 0. The highest BCUT2D eigenvalue weighted by atomic mass is 35.5. The standard InChI is InChI=1S/C17H14ClNO3S/c18-13-8-6-12(7-9-13)17(22)14(10-15(20)21)23-16(19-17)11-4-2-1-3-5-11/h1-9,14,22H,10H2,(H,20,21). The van der Waals surface area contributed by atoms with E-state index in [-0.39, 0.29) is 6.42 Å². The molecule has 2 unspecified atom stereocenters. The SMILES string of the molecule is O=C(O)CC1SC(c2ccccc2)=NC1(O)c1ccc(Cl)cc1. The second-order valence-electron chi connectivity index (χ2n) is 5.22. The summed E-state index contributed by atoms with van der Waals surface area (Å²) in [5.41, 5.74) is -0.192. The Morgan fingerprint density at radius 3 is 2.43 bits per heavy atom. The minimum atomic E-state index is -1.58. The first-order valence-corrected chi connectivity index (χ1v) is 8.27. The summed E-state index contributed by atoms with van der Waals surface area (Å²) in [5, 5.41) is 20.8. The van der Waals surface area contributed by atoms with Crippen LogP contribution in [0.15, 0.2) is 59.6 Å². The topological polar surface area (TPSA) is 69.9 Å². The number of nitrogens with zero attached hydrogens (tertiary/aromatic N) is 1. The normalized spacial score (nSPS) is 23.6. The third kappa shape index (κ3) is 3.27. The second kappa shape index (κ2) is 6.35. The van der Waals surface area contributed by atoms with Crippen LogP contribution >= 0.6 is 23.4 Å². The number of halogens is 1. The number of hydrogen-bond acceptors (Lipinski definition) is 4. The Labute approximate surface area is 142 Å². The van der Waals surface area contributed by atoms with Crippen LogP contribution in [0.2, 0.25) is 5.02 Å². The van der Waals surface area contributed by atoms with Gasteiger partial charge in [0.25, 0.3) is 0 Å². The molecule has 118 valence electrons. The maximum Gasteiger partial charge on any atom is 0.304 e. The molecule has 0 amide bonds. The Balaban J connectivity index is 2.03. The predicted molar refractivity (Wildman–Crippen MR) is 92.0 cm³/mol. The monoisotopic (exact) mass is 347 g/mol. The molecule has 2 atom stereocenters. The van der Waals surface area contributed by atoms with Gasteiger partial charge in [0.2, 0.25) is 0 Å². The van der Waals surface area contributed by atoms with E-state index in [1.165, 1.54) is 11.8 Å². The number of benzene rings is 2. The van der Waals surface area contributed by atoms with Gasteiger partial charge < -0.3 is 10.2 Å². The van der Waals surface area contributed by atoms with Crippen LogP contribution in [0.3, 0.4) is 0 Å². The third-order valence-corrected chi connectivity index (χ3v) is 5.21. The number of hydrogen-bond donors (Lipinski definition) is 2. The van der Waals surface area contributed by atoms with Gasteiger partial charge in [-0.25, -0.2) is 4.99 Å². The Morgan fingerprint density at radius 1 is 1.17 bits per heavy atom. The van der Waals surface area contributed by atoms with Crippen molar-refractivity contribution >= 4 is 34.4 Å². The molecule has 4 nitrogen and oxygen atoms in total. The first kappa shape index (κ1) is 16.1. The van der Waals surface area contributed by atoms with E-state index in [4.69, 9.17) is 16.7 Å². The van der Waals surface area contributed by atoms with Crippen LogP contribution in [0.5, 0.6) is 0 Å². The molecule has 2 N–H and O–H groups in total. The van der Waals surface area contributed by atoms with E-state index < -0.39 is 16.9 Å². The van der Waals surface area contributed by atoms with Gasteiger partial charge in [-0.15, -0.1) is 0 Å². The number of carboxylic acids is 1. The zero-order chi connectivity index (χ0) is 16.4. The predicted octanol–water partition coefficient (Wildman–Crippen LogP) is 3.52. The van der Waals surface area contributed by atoms with Gasteiger partial charge in [0.15, 0.2) is 5.72 Å². The molecular formula is C17H14ClNO3S. The lowest BCUT2D eigenvalue weighted by atomic mass is 9.97. The Hall–Kier alpha value is -1.82. The van der Waals surface area contributed by atoms with E-state index in [0.717, 1.165) is 5.56 Å². The molecule has 0 aromatic heterocycles. The van der Waals surface area contributed by atoms with Crippen LogP contribution in [0.4, 0.5) is 0 Å². The van der Waals surface area contributed by atoms with Crippen molar-refractivity contribution in [3.8, 4) is 0 Å². The minimum Gasteiger partial charge on any atom is -0.481 e. The van der Waals surface area contributed by atoms with Gasteiger partial charge in [0.1, 0.15) is 5.04 Å². The molecule has 3 rings (SSSR count). The first-order chi connectivity index (χ1) is 11.0. The average Bonchev–Trinajstić information content (AvgIpc) is 2.86. The number of thioether (sulfide) groups is 1. The van der Waals surface area contributed by atoms with Crippen LogP contribution < -0.4 is 0 Å². The molecule has 0 fully saturated rings. The smallest absolute Gasteiger partial charge is 0.304 e. The number of rotatable bonds is 4. The molecule has 2 aromatic rings. The largest absolute Gasteiger partial charge is 0.481 e. The highest BCUT2D eigenvalue weighted by Crippen LogP contribution is 2.44. The van der Waals surface area contributed by atoms with Crippen molar-refractivity contribution in [1.29, 1.82) is 0 Å². The summed E-state index contributed by atoms with van der Waals surface area (Å²) in [6.07, 6.45) is -0.191. The first-order valence-electron chi connectivity index (χ1n) is 7.01. The van der Waals surface area contributed by atoms with Crippen LogP contribution in [-0.2, 0) is 10.5 Å². The lowest BCUT2D eigenvalue weighted by Crippen LogP contribution is -2.34. The van der Waals surface area contributed by atoms with E-state index >= 15 is 0 Å². The Kier molecular flexibility index (Phi) is 4.43. The molecule has 0 aliphatic carbocycles. The number of aliphatic carboxylic acids is 1. The zero-order valence-corrected chi connectivity index (χ0v) is 13.6. The van der Waals surface area contributed by atoms with Crippen LogP contribution in [0, 0.1) is 0 Å². The molecule has 0 radical (unpaired) electrons. The third-order valence-electron chi connectivity index (χ3n) is 3.62. The number of carboxylic acid groups (broad SMARTS) is 1. The summed E-state index contributed by atoms with van der Waals surface area (Å²) in [5.74, 6) is -0.973. The summed E-state index contributed by atoms with van der Waals surface area (Å²) in [4.78, 5) is 15.6. The molecular weight excluding hydrogens is 334 g/mol. The molecule has 0 saturated heterocycles. The van der Waals surface area contributed by atoms with Gasteiger partial charge in [-0.1, -0.05) is 65.8 Å². The fourth-order valence-corrected chi connectivity index (χ4v) is 3.91. The second-order valence-corrected chi connectivity index (χ2v) is 6.85. The van der Waals surface area contributed by atoms with Gasteiger partial charge in [-0.2, -0.15) is 0 Å². The lowest BCUT2D eigenvalue weighted by Gasteiger charge is -2.26. The van der Waals surface area contributed by atoms with Crippen molar-refractivity contribution in [3.05, 3.63) is 70.7 Å². The number of carbonyl (C=O) groups is 1. The Bertz CT molecular complexity index is 748. The molecule has 0 saturated carbocycles. The van der Waals surface area contributed by atoms with Gasteiger partial charge in [0.05, 0.1) is 11.7 Å². The van der Waals surface area contributed by atoms with E-state index in [2.05, 4.69) is 4.99 Å². The highest BCUT2D eigenvalue weighted by molar-refractivity contribution is 8.15. The summed E-state index contributed by atoms with van der Waals surface area (Å²) in [6.45, 7) is 0. The van der Waals surface area contributed by atoms with E-state index in [9.17, 15) is 9.90 Å². The lowest BCUT2D eigenvalue weighted by molar-refractivity contribution is -0.138. The zero-order valence-electron chi connectivity index (χ0n) is 12.0. The molecule has 2 aromatic carbocycles. The minimum absolute atomic E-state index is 0.191. The van der Waals surface area contributed by atoms with E-state index in [1.54, 1.807) is 24.3 Å². The van der Waals surface area contributed by atoms with Crippen molar-refractivity contribution in [1.82, 2.24) is 0 Å². The quantitative estimate of drug-likeness (QED) is 0.887. The Morgan fingerprint density at radius 2 is 1.83 bits per heavy atom. The maximum atomic E-state index is 11.2. The average molecular weight is 348 g/mol. The molecule has 1 aliphatic heterocycles. The van der Waals surface area contributed by atoms with E-state index in [1.807, 2.05) is 30.3 Å². The van der Waals surface area contributed by atoms with Crippen LogP contribution in [-0.4, -0.2) is 26.5 Å². The van der Waals surface area contributed by atoms with Crippen molar-refractivity contribution in [2.45, 2.75) is 17.4 Å². The molecule has 0 spiro atoms. The van der Waals surface area contributed by atoms with Gasteiger partial charge in [-0.05, 0) is 12.1 Å².